The number of rotatable bonds is 5. The summed E-state index contributed by atoms with van der Waals surface area (Å²) in [7, 11) is 0. The standard InChI is InChI=1S/C24H26N2OS/c1-23(2,3)19-16-28-22(25-19)26-21(27)24(14-15-24)20(17-10-6-4-7-11-17)18-12-8-5-9-13-18/h4-13,16,20H,14-15H2,1-3H3,(H,25,26,27). The van der Waals surface area contributed by atoms with Crippen LogP contribution < -0.4 is 5.32 Å². The predicted octanol–water partition coefficient (Wildman–Crippen LogP) is 5.99. The Morgan fingerprint density at radius 2 is 1.54 bits per heavy atom. The molecule has 2 aromatic carbocycles. The summed E-state index contributed by atoms with van der Waals surface area (Å²) in [5.74, 6) is 0.136. The molecular formula is C24H26N2OS. The number of nitrogens with one attached hydrogen (secondary N) is 1. The highest BCUT2D eigenvalue weighted by Gasteiger charge is 2.56. The summed E-state index contributed by atoms with van der Waals surface area (Å²) in [6.07, 6.45) is 1.79. The lowest BCUT2D eigenvalue weighted by Crippen LogP contribution is -2.30. The number of anilines is 1. The molecule has 0 bridgehead atoms. The molecule has 0 saturated heterocycles. The molecule has 28 heavy (non-hydrogen) atoms. The van der Waals surface area contributed by atoms with Crippen molar-refractivity contribution in [2.24, 2.45) is 5.41 Å². The largest absolute Gasteiger partial charge is 0.301 e. The molecule has 1 fully saturated rings. The minimum atomic E-state index is -0.406. The lowest BCUT2D eigenvalue weighted by molar-refractivity contribution is -0.121. The van der Waals surface area contributed by atoms with Crippen molar-refractivity contribution in [3.8, 4) is 0 Å². The molecule has 0 aliphatic heterocycles. The highest BCUT2D eigenvalue weighted by molar-refractivity contribution is 7.14. The molecule has 4 rings (SSSR count). The molecule has 3 aromatic rings. The molecule has 1 amide bonds. The van der Waals surface area contributed by atoms with Crippen molar-refractivity contribution < 1.29 is 4.79 Å². The molecule has 1 aromatic heterocycles. The van der Waals surface area contributed by atoms with E-state index in [1.807, 2.05) is 17.5 Å². The first-order valence-electron chi connectivity index (χ1n) is 9.77. The summed E-state index contributed by atoms with van der Waals surface area (Å²) >= 11 is 1.51. The van der Waals surface area contributed by atoms with Gasteiger partial charge in [0, 0.05) is 16.7 Å². The van der Waals surface area contributed by atoms with E-state index in [0.29, 0.717) is 5.13 Å². The van der Waals surface area contributed by atoms with Crippen molar-refractivity contribution in [1.29, 1.82) is 0 Å². The van der Waals surface area contributed by atoms with Gasteiger partial charge in [0.25, 0.3) is 0 Å². The molecule has 0 atom stereocenters. The molecule has 0 spiro atoms. The first-order chi connectivity index (χ1) is 13.4. The molecule has 0 radical (unpaired) electrons. The molecular weight excluding hydrogens is 364 g/mol. The summed E-state index contributed by atoms with van der Waals surface area (Å²) in [5.41, 5.74) is 2.97. The number of carbonyl (C=O) groups is 1. The topological polar surface area (TPSA) is 42.0 Å². The van der Waals surface area contributed by atoms with Gasteiger partial charge in [-0.1, -0.05) is 81.4 Å². The third-order valence-corrected chi connectivity index (χ3v) is 6.31. The first kappa shape index (κ1) is 18.9. The number of hydrogen-bond donors (Lipinski definition) is 1. The Kier molecular flexibility index (Phi) is 4.84. The van der Waals surface area contributed by atoms with Crippen molar-refractivity contribution >= 4 is 22.4 Å². The van der Waals surface area contributed by atoms with Gasteiger partial charge in [0.05, 0.1) is 11.1 Å². The van der Waals surface area contributed by atoms with Crippen LogP contribution in [0.5, 0.6) is 0 Å². The van der Waals surface area contributed by atoms with Crippen molar-refractivity contribution in [2.75, 3.05) is 5.32 Å². The number of hydrogen-bond acceptors (Lipinski definition) is 3. The van der Waals surface area contributed by atoms with E-state index in [0.717, 1.165) is 18.5 Å². The number of amides is 1. The summed E-state index contributed by atoms with van der Waals surface area (Å²) in [5, 5.41) is 5.86. The zero-order valence-corrected chi connectivity index (χ0v) is 17.4. The molecule has 1 N–H and O–H groups in total. The summed E-state index contributed by atoms with van der Waals surface area (Å²) in [4.78, 5) is 18.1. The maximum atomic E-state index is 13.4. The van der Waals surface area contributed by atoms with Crippen molar-refractivity contribution in [1.82, 2.24) is 4.98 Å². The monoisotopic (exact) mass is 390 g/mol. The molecule has 1 aliphatic rings. The first-order valence-corrected chi connectivity index (χ1v) is 10.7. The molecule has 1 saturated carbocycles. The van der Waals surface area contributed by atoms with E-state index in [9.17, 15) is 4.79 Å². The SMILES string of the molecule is CC(C)(C)c1csc(NC(=O)C2(C(c3ccccc3)c3ccccc3)CC2)n1. The van der Waals surface area contributed by atoms with Gasteiger partial charge in [-0.25, -0.2) is 4.98 Å². The molecule has 144 valence electrons. The third-order valence-electron chi connectivity index (χ3n) is 5.55. The van der Waals surface area contributed by atoms with Crippen LogP contribution >= 0.6 is 11.3 Å². The molecule has 4 heteroatoms. The highest BCUT2D eigenvalue weighted by atomic mass is 32.1. The number of aromatic nitrogens is 1. The van der Waals surface area contributed by atoms with E-state index < -0.39 is 5.41 Å². The van der Waals surface area contributed by atoms with Crippen LogP contribution in [0.2, 0.25) is 0 Å². The van der Waals surface area contributed by atoms with Gasteiger partial charge < -0.3 is 5.32 Å². The van der Waals surface area contributed by atoms with Gasteiger partial charge in [-0.15, -0.1) is 11.3 Å². The number of carbonyl (C=O) groups excluding carboxylic acids is 1. The maximum absolute atomic E-state index is 13.4. The van der Waals surface area contributed by atoms with Crippen LogP contribution in [0.15, 0.2) is 66.0 Å². The van der Waals surface area contributed by atoms with Gasteiger partial charge >= 0.3 is 0 Å². The number of thiazole rings is 1. The Morgan fingerprint density at radius 3 is 1.96 bits per heavy atom. The molecule has 0 unspecified atom stereocenters. The van der Waals surface area contributed by atoms with Crippen LogP contribution in [0.3, 0.4) is 0 Å². The Balaban J connectivity index is 1.65. The van der Waals surface area contributed by atoms with Gasteiger partial charge in [-0.3, -0.25) is 4.79 Å². The Hall–Kier alpha value is -2.46. The van der Waals surface area contributed by atoms with Gasteiger partial charge in [0.15, 0.2) is 5.13 Å². The second kappa shape index (κ2) is 7.17. The maximum Gasteiger partial charge on any atom is 0.233 e. The van der Waals surface area contributed by atoms with Crippen LogP contribution in [0.4, 0.5) is 5.13 Å². The second-order valence-corrected chi connectivity index (χ2v) is 9.51. The van der Waals surface area contributed by atoms with E-state index in [-0.39, 0.29) is 17.2 Å². The van der Waals surface area contributed by atoms with E-state index >= 15 is 0 Å². The van der Waals surface area contributed by atoms with Gasteiger partial charge in [0.2, 0.25) is 5.91 Å². The summed E-state index contributed by atoms with van der Waals surface area (Å²) in [6.45, 7) is 6.41. The van der Waals surface area contributed by atoms with Crippen LogP contribution in [-0.4, -0.2) is 10.9 Å². The van der Waals surface area contributed by atoms with E-state index in [4.69, 9.17) is 0 Å². The summed E-state index contributed by atoms with van der Waals surface area (Å²) < 4.78 is 0. The average Bonchev–Trinajstić information content (AvgIpc) is 3.33. The zero-order valence-electron chi connectivity index (χ0n) is 16.6. The quantitative estimate of drug-likeness (QED) is 0.581. The lowest BCUT2D eigenvalue weighted by atomic mass is 9.77. The van der Waals surface area contributed by atoms with Crippen LogP contribution in [-0.2, 0) is 10.2 Å². The number of nitrogens with zero attached hydrogens (tertiary/aromatic N) is 1. The molecule has 1 aliphatic carbocycles. The van der Waals surface area contributed by atoms with Gasteiger partial charge in [0.1, 0.15) is 0 Å². The van der Waals surface area contributed by atoms with Crippen molar-refractivity contribution in [3.63, 3.8) is 0 Å². The zero-order chi connectivity index (χ0) is 19.8. The predicted molar refractivity (Wildman–Crippen MR) is 116 cm³/mol. The fraction of sp³-hybridized carbons (Fsp3) is 0.333. The lowest BCUT2D eigenvalue weighted by Gasteiger charge is -2.27. The fourth-order valence-corrected chi connectivity index (χ4v) is 4.73. The van der Waals surface area contributed by atoms with Crippen molar-refractivity contribution in [3.05, 3.63) is 82.9 Å². The fourth-order valence-electron chi connectivity index (χ4n) is 3.80. The highest BCUT2D eigenvalue weighted by Crippen LogP contribution is 2.59. The van der Waals surface area contributed by atoms with E-state index in [1.165, 1.54) is 22.5 Å². The van der Waals surface area contributed by atoms with Gasteiger partial charge in [-0.2, -0.15) is 0 Å². The van der Waals surface area contributed by atoms with Gasteiger partial charge in [-0.05, 0) is 24.0 Å². The number of benzene rings is 2. The normalized spacial score (nSPS) is 15.4. The van der Waals surface area contributed by atoms with Crippen LogP contribution in [0, 0.1) is 5.41 Å². The second-order valence-electron chi connectivity index (χ2n) is 8.65. The minimum Gasteiger partial charge on any atom is -0.301 e. The molecule has 1 heterocycles. The van der Waals surface area contributed by atoms with Crippen LogP contribution in [0.25, 0.3) is 0 Å². The van der Waals surface area contributed by atoms with Crippen molar-refractivity contribution in [2.45, 2.75) is 44.9 Å². The Bertz CT molecular complexity index is 914. The third kappa shape index (κ3) is 3.61. The Labute approximate surface area is 170 Å². The van der Waals surface area contributed by atoms with E-state index in [2.05, 4.69) is 79.6 Å². The Morgan fingerprint density at radius 1 is 1.00 bits per heavy atom. The van der Waals surface area contributed by atoms with E-state index in [1.54, 1.807) is 0 Å². The molecule has 3 nitrogen and oxygen atoms in total. The smallest absolute Gasteiger partial charge is 0.233 e. The summed E-state index contributed by atoms with van der Waals surface area (Å²) in [6, 6.07) is 20.8. The average molecular weight is 391 g/mol. The van der Waals surface area contributed by atoms with Crippen LogP contribution in [0.1, 0.15) is 56.4 Å². The minimum absolute atomic E-state index is 0.0205.